The Morgan fingerprint density at radius 3 is 1.31 bits per heavy atom. The van der Waals surface area contributed by atoms with Crippen molar-refractivity contribution in [2.45, 2.75) is 39.0 Å². The summed E-state index contributed by atoms with van der Waals surface area (Å²) in [4.78, 5) is 0. The fourth-order valence-electron chi connectivity index (χ4n) is 0.973. The summed E-state index contributed by atoms with van der Waals surface area (Å²) in [6.07, 6.45) is 0. The molecule has 0 aromatic heterocycles. The third kappa shape index (κ3) is 3.91. The minimum Gasteiger partial charge on any atom is -0.415 e. The molecule has 0 saturated carbocycles. The van der Waals surface area contributed by atoms with Crippen LogP contribution < -0.4 is 0 Å². The summed E-state index contributed by atoms with van der Waals surface area (Å²) in [5, 5.41) is 0. The molecular formula is C8H22O3Si2. The van der Waals surface area contributed by atoms with Crippen LogP contribution >= 0.6 is 0 Å². The highest BCUT2D eigenvalue weighted by Crippen LogP contribution is 2.21. The first-order valence-electron chi connectivity index (χ1n) is 4.75. The third-order valence-corrected chi connectivity index (χ3v) is 10.3. The van der Waals surface area contributed by atoms with Gasteiger partial charge in [0, 0.05) is 14.2 Å². The lowest BCUT2D eigenvalue weighted by atomic mass is 11.0. The zero-order chi connectivity index (χ0) is 10.5. The molecule has 0 radical (unpaired) electrons. The van der Waals surface area contributed by atoms with Crippen LogP contribution in [0.4, 0.5) is 0 Å². The van der Waals surface area contributed by atoms with Gasteiger partial charge in [-0.2, -0.15) is 0 Å². The Hall–Kier alpha value is 0.314. The first-order valence-corrected chi connectivity index (χ1v) is 9.80. The maximum absolute atomic E-state index is 6.06. The lowest BCUT2D eigenvalue weighted by Gasteiger charge is -2.34. The molecule has 0 fully saturated rings. The summed E-state index contributed by atoms with van der Waals surface area (Å²) < 4.78 is 17.0. The normalized spacial score (nSPS) is 20.8. The molecule has 0 amide bonds. The molecule has 0 aromatic rings. The van der Waals surface area contributed by atoms with Gasteiger partial charge >= 0.3 is 17.1 Å². The van der Waals surface area contributed by atoms with Gasteiger partial charge in [-0.15, -0.1) is 0 Å². The lowest BCUT2D eigenvalue weighted by Crippen LogP contribution is -2.50. The van der Waals surface area contributed by atoms with Crippen LogP contribution in [0.25, 0.3) is 0 Å². The van der Waals surface area contributed by atoms with E-state index in [4.69, 9.17) is 13.0 Å². The SMILES string of the molecule is CC[Si](C)(OC)O[Si](C)(CC)OC. The molecule has 0 aromatic carbocycles. The first kappa shape index (κ1) is 13.3. The van der Waals surface area contributed by atoms with Crippen molar-refractivity contribution in [3.8, 4) is 0 Å². The summed E-state index contributed by atoms with van der Waals surface area (Å²) in [6.45, 7) is 8.39. The van der Waals surface area contributed by atoms with Crippen molar-refractivity contribution in [3.63, 3.8) is 0 Å². The molecule has 5 heteroatoms. The van der Waals surface area contributed by atoms with E-state index in [9.17, 15) is 0 Å². The fourth-order valence-corrected chi connectivity index (χ4v) is 7.03. The van der Waals surface area contributed by atoms with Gasteiger partial charge < -0.3 is 13.0 Å². The molecular weight excluding hydrogens is 200 g/mol. The molecule has 3 nitrogen and oxygen atoms in total. The molecule has 0 bridgehead atoms. The number of hydrogen-bond acceptors (Lipinski definition) is 3. The average Bonchev–Trinajstić information content (AvgIpc) is 2.17. The molecule has 13 heavy (non-hydrogen) atoms. The predicted molar refractivity (Wildman–Crippen MR) is 59.3 cm³/mol. The highest BCUT2D eigenvalue weighted by molar-refractivity contribution is 6.79. The van der Waals surface area contributed by atoms with Gasteiger partial charge in [0.2, 0.25) is 0 Å². The summed E-state index contributed by atoms with van der Waals surface area (Å²) in [5.74, 6) is 0. The van der Waals surface area contributed by atoms with E-state index in [-0.39, 0.29) is 0 Å². The van der Waals surface area contributed by atoms with Crippen LogP contribution in [-0.2, 0) is 13.0 Å². The summed E-state index contributed by atoms with van der Waals surface area (Å²) in [5.41, 5.74) is 0. The average molecular weight is 222 g/mol. The molecule has 0 aliphatic heterocycles. The Morgan fingerprint density at radius 1 is 0.846 bits per heavy atom. The maximum Gasteiger partial charge on any atom is 0.325 e. The van der Waals surface area contributed by atoms with Crippen LogP contribution in [0.15, 0.2) is 0 Å². The monoisotopic (exact) mass is 222 g/mol. The van der Waals surface area contributed by atoms with E-state index in [1.165, 1.54) is 0 Å². The third-order valence-electron chi connectivity index (χ3n) is 2.58. The Balaban J connectivity index is 4.36. The zero-order valence-corrected chi connectivity index (χ0v) is 11.6. The molecule has 2 atom stereocenters. The van der Waals surface area contributed by atoms with Gasteiger partial charge in [0.25, 0.3) is 0 Å². The minimum absolute atomic E-state index is 0.968. The molecule has 0 aliphatic carbocycles. The number of hydrogen-bond donors (Lipinski definition) is 0. The molecule has 2 unspecified atom stereocenters. The first-order chi connectivity index (χ1) is 5.95. The molecule has 0 spiro atoms. The molecule has 80 valence electrons. The van der Waals surface area contributed by atoms with Gasteiger partial charge in [0.15, 0.2) is 0 Å². The van der Waals surface area contributed by atoms with Crippen LogP contribution in [0.3, 0.4) is 0 Å². The Kier molecular flexibility index (Phi) is 5.38. The highest BCUT2D eigenvalue weighted by atomic mass is 28.5. The number of rotatable bonds is 6. The Morgan fingerprint density at radius 2 is 1.15 bits per heavy atom. The van der Waals surface area contributed by atoms with Crippen LogP contribution in [-0.4, -0.2) is 31.3 Å². The van der Waals surface area contributed by atoms with E-state index in [2.05, 4.69) is 26.9 Å². The van der Waals surface area contributed by atoms with Gasteiger partial charge in [-0.1, -0.05) is 13.8 Å². The van der Waals surface area contributed by atoms with Crippen molar-refractivity contribution in [3.05, 3.63) is 0 Å². The quantitative estimate of drug-likeness (QED) is 0.646. The Labute approximate surface area is 83.9 Å². The molecule has 0 rings (SSSR count). The van der Waals surface area contributed by atoms with E-state index >= 15 is 0 Å². The lowest BCUT2D eigenvalue weighted by molar-refractivity contribution is 0.242. The van der Waals surface area contributed by atoms with Gasteiger partial charge in [-0.25, -0.2) is 0 Å². The van der Waals surface area contributed by atoms with Crippen molar-refractivity contribution in [2.24, 2.45) is 0 Å². The zero-order valence-electron chi connectivity index (χ0n) is 9.64. The van der Waals surface area contributed by atoms with Crippen LogP contribution in [0.1, 0.15) is 13.8 Å². The summed E-state index contributed by atoms with van der Waals surface area (Å²) in [6, 6.07) is 1.94. The van der Waals surface area contributed by atoms with Crippen molar-refractivity contribution >= 4 is 17.1 Å². The summed E-state index contributed by atoms with van der Waals surface area (Å²) in [7, 11) is -0.412. The van der Waals surface area contributed by atoms with Gasteiger partial charge in [-0.05, 0) is 25.2 Å². The van der Waals surface area contributed by atoms with Gasteiger partial charge in [0.1, 0.15) is 0 Å². The topological polar surface area (TPSA) is 27.7 Å². The van der Waals surface area contributed by atoms with Crippen molar-refractivity contribution in [2.75, 3.05) is 14.2 Å². The van der Waals surface area contributed by atoms with Crippen molar-refractivity contribution < 1.29 is 13.0 Å². The second kappa shape index (κ2) is 5.26. The minimum atomic E-state index is -1.94. The van der Waals surface area contributed by atoms with Crippen LogP contribution in [0.2, 0.25) is 25.2 Å². The van der Waals surface area contributed by atoms with Crippen molar-refractivity contribution in [1.82, 2.24) is 0 Å². The van der Waals surface area contributed by atoms with Gasteiger partial charge in [0.05, 0.1) is 0 Å². The second-order valence-corrected chi connectivity index (χ2v) is 11.1. The van der Waals surface area contributed by atoms with E-state index in [0.29, 0.717) is 0 Å². The molecule has 0 heterocycles. The second-order valence-electron chi connectivity index (χ2n) is 3.49. The predicted octanol–water partition coefficient (Wildman–Crippen LogP) is 2.48. The smallest absolute Gasteiger partial charge is 0.325 e. The van der Waals surface area contributed by atoms with E-state index in [1.807, 2.05) is 0 Å². The largest absolute Gasteiger partial charge is 0.415 e. The molecule has 0 aliphatic rings. The molecule has 0 N–H and O–H groups in total. The van der Waals surface area contributed by atoms with Gasteiger partial charge in [-0.3, -0.25) is 0 Å². The standard InChI is InChI=1S/C8H22O3Si2/c1-7-12(5,9-3)11-13(6,8-2)10-4/h7-8H2,1-6H3. The fraction of sp³-hybridized carbons (Fsp3) is 1.00. The van der Waals surface area contributed by atoms with E-state index < -0.39 is 17.1 Å². The molecule has 0 saturated heterocycles. The van der Waals surface area contributed by atoms with Crippen LogP contribution in [0.5, 0.6) is 0 Å². The maximum atomic E-state index is 6.06. The summed E-state index contributed by atoms with van der Waals surface area (Å²) >= 11 is 0. The highest BCUT2D eigenvalue weighted by Gasteiger charge is 2.39. The van der Waals surface area contributed by atoms with Crippen molar-refractivity contribution in [1.29, 1.82) is 0 Å². The van der Waals surface area contributed by atoms with E-state index in [0.717, 1.165) is 12.1 Å². The van der Waals surface area contributed by atoms with Crippen LogP contribution in [0, 0.1) is 0 Å². The van der Waals surface area contributed by atoms with E-state index in [1.54, 1.807) is 14.2 Å². The Bertz CT molecular complexity index is 128.